The Morgan fingerprint density at radius 3 is 1.66 bits per heavy atom. The van der Waals surface area contributed by atoms with Gasteiger partial charge in [-0.1, -0.05) is 99.5 Å². The zero-order valence-corrected chi connectivity index (χ0v) is 23.0. The second kappa shape index (κ2) is 16.0. The number of nitrogens with one attached hydrogen (secondary N) is 1. The van der Waals surface area contributed by atoms with Crippen molar-refractivity contribution in [3.8, 4) is 0 Å². The predicted molar refractivity (Wildman–Crippen MR) is 135 cm³/mol. The van der Waals surface area contributed by atoms with Crippen LogP contribution in [0.25, 0.3) is 10.5 Å². The maximum atomic E-state index is 13.1. The van der Waals surface area contributed by atoms with Crippen LogP contribution in [0.15, 0.2) is 60.7 Å². The third kappa shape index (κ3) is 11.4. The van der Waals surface area contributed by atoms with Crippen molar-refractivity contribution >= 4 is 19.7 Å². The van der Waals surface area contributed by atoms with Crippen molar-refractivity contribution in [3.63, 3.8) is 0 Å². The molecule has 2 aromatic carbocycles. The van der Waals surface area contributed by atoms with Crippen molar-refractivity contribution in [3.05, 3.63) is 89.7 Å². The van der Waals surface area contributed by atoms with E-state index in [1.807, 2.05) is 78.0 Å². The van der Waals surface area contributed by atoms with Crippen LogP contribution in [-0.2, 0) is 27.3 Å². The zero-order valence-electron chi connectivity index (χ0n) is 19.7. The van der Waals surface area contributed by atoms with Gasteiger partial charge in [0.15, 0.2) is 0 Å². The standard InChI is InChI=1S/C24H34N2O2S.CH3.ClH.Ru/c1-18(2)15-20(16-19(3)4)17-29(27,28)26-24(22-13-9-6-10-14-22)23(25)21-11-7-5-8-12-21;;;/h5-14,18-20,23-25H,15-17H2,1-4H3;1H3;1H;/q-2;-1;;+4/p-1. The third-order valence-corrected chi connectivity index (χ3v) is 6.39. The van der Waals surface area contributed by atoms with Crippen molar-refractivity contribution in [1.29, 1.82) is 0 Å². The van der Waals surface area contributed by atoms with Crippen LogP contribution in [0.3, 0.4) is 0 Å². The fourth-order valence-electron chi connectivity index (χ4n) is 3.89. The van der Waals surface area contributed by atoms with Crippen LogP contribution in [0.2, 0.25) is 0 Å². The Morgan fingerprint density at radius 1 is 0.844 bits per heavy atom. The van der Waals surface area contributed by atoms with Crippen LogP contribution < -0.4 is 0 Å². The number of nitrogens with zero attached hydrogens (tertiary/aromatic N) is 1. The second-order valence-electron chi connectivity index (χ2n) is 8.72. The van der Waals surface area contributed by atoms with Gasteiger partial charge in [-0.3, -0.25) is 0 Å². The average Bonchev–Trinajstić information content (AvgIpc) is 2.73. The molecule has 0 aliphatic carbocycles. The minimum absolute atomic E-state index is 0. The molecule has 0 radical (unpaired) electrons. The number of hydrogen-bond donors (Lipinski definition) is 0. The normalized spacial score (nSPS) is 13.3. The Hall–Kier alpha value is -0.777. The van der Waals surface area contributed by atoms with Crippen molar-refractivity contribution < 1.29 is 25.7 Å². The van der Waals surface area contributed by atoms with Gasteiger partial charge >= 0.3 is 27.0 Å². The Balaban J connectivity index is 0.00000311. The van der Waals surface area contributed by atoms with Crippen LogP contribution in [0.4, 0.5) is 0 Å². The summed E-state index contributed by atoms with van der Waals surface area (Å²) in [5.41, 5.74) is 10.3. The first-order valence-corrected chi connectivity index (χ1v) is 14.4. The molecule has 0 amide bonds. The molecule has 2 atom stereocenters. The van der Waals surface area contributed by atoms with Gasteiger partial charge in [0.2, 0.25) is 0 Å². The van der Waals surface area contributed by atoms with Gasteiger partial charge in [-0.15, -0.1) is 12.1 Å². The molecule has 0 aliphatic rings. The van der Waals surface area contributed by atoms with E-state index < -0.39 is 22.1 Å². The summed E-state index contributed by atoms with van der Waals surface area (Å²) < 4.78 is 30.4. The van der Waals surface area contributed by atoms with Crippen LogP contribution in [-0.4, -0.2) is 14.2 Å². The Bertz CT molecular complexity index is 824. The van der Waals surface area contributed by atoms with Crippen LogP contribution in [0.1, 0.15) is 63.7 Å². The average molecular weight is 566 g/mol. The quantitative estimate of drug-likeness (QED) is 0.204. The van der Waals surface area contributed by atoms with E-state index >= 15 is 0 Å². The van der Waals surface area contributed by atoms with Gasteiger partial charge in [-0.2, -0.15) is 0 Å². The van der Waals surface area contributed by atoms with Crippen LogP contribution in [0.5, 0.6) is 0 Å². The van der Waals surface area contributed by atoms with Gasteiger partial charge in [0, 0.05) is 5.75 Å². The molecular weight excluding hydrogens is 529 g/mol. The van der Waals surface area contributed by atoms with Gasteiger partial charge in [0.05, 0.1) is 10.0 Å². The number of sulfonamides is 1. The molecule has 0 aromatic heterocycles. The van der Waals surface area contributed by atoms with Crippen molar-refractivity contribution in [1.82, 2.24) is 0 Å². The number of benzene rings is 2. The van der Waals surface area contributed by atoms with E-state index in [1.165, 1.54) is 0 Å². The first-order chi connectivity index (χ1) is 14.7. The third-order valence-electron chi connectivity index (χ3n) is 4.95. The summed E-state index contributed by atoms with van der Waals surface area (Å²) in [5.74, 6) is 1.01. The molecule has 0 heterocycles. The molecule has 0 saturated carbocycles. The van der Waals surface area contributed by atoms with Gasteiger partial charge in [0.25, 0.3) is 0 Å². The SMILES string of the molecule is CC(C)CC(CC(C)C)CS(=O)(=O)[N-]C(c1ccccc1)C([NH-])c1ccccc1.[CH3-].[Cl][Ru+3]. The van der Waals surface area contributed by atoms with E-state index in [-0.39, 0.29) is 19.1 Å². The van der Waals surface area contributed by atoms with Crippen molar-refractivity contribution in [2.75, 3.05) is 5.75 Å². The van der Waals surface area contributed by atoms with Crippen LogP contribution >= 0.6 is 9.69 Å². The molecule has 7 heteroatoms. The van der Waals surface area contributed by atoms with E-state index in [4.69, 9.17) is 5.73 Å². The molecule has 0 aliphatic heterocycles. The zero-order chi connectivity index (χ0) is 23.4. The van der Waals surface area contributed by atoms with Gasteiger partial charge in [-0.25, -0.2) is 8.42 Å². The van der Waals surface area contributed by atoms with Gasteiger partial charge < -0.3 is 17.9 Å². The molecule has 1 N–H and O–H groups in total. The van der Waals surface area contributed by atoms with Gasteiger partial charge in [0.1, 0.15) is 0 Å². The molecule has 2 unspecified atom stereocenters. The minimum atomic E-state index is -3.67. The van der Waals surface area contributed by atoms with E-state index in [2.05, 4.69) is 42.1 Å². The first kappa shape index (κ1) is 31.2. The Labute approximate surface area is 210 Å². The predicted octanol–water partition coefficient (Wildman–Crippen LogP) is 8.07. The Morgan fingerprint density at radius 2 is 1.25 bits per heavy atom. The maximum absolute atomic E-state index is 13.1. The fraction of sp³-hybridized carbons (Fsp3) is 0.480. The molecule has 4 nitrogen and oxygen atoms in total. The summed E-state index contributed by atoms with van der Waals surface area (Å²) in [4.78, 5) is 0. The van der Waals surface area contributed by atoms with E-state index in [0.29, 0.717) is 11.8 Å². The van der Waals surface area contributed by atoms with Crippen LogP contribution in [0, 0.1) is 25.2 Å². The summed E-state index contributed by atoms with van der Waals surface area (Å²) in [7, 11) is 0.901. The molecule has 180 valence electrons. The molecule has 0 saturated heterocycles. The molecular formula is C25H37ClN2O2RuS. The summed E-state index contributed by atoms with van der Waals surface area (Å²) in [6.07, 6.45) is 1.73. The van der Waals surface area contributed by atoms with Gasteiger partial charge in [-0.05, 0) is 30.6 Å². The summed E-state index contributed by atoms with van der Waals surface area (Å²) >= 11 is 1.82. The van der Waals surface area contributed by atoms with E-state index in [0.717, 1.165) is 24.0 Å². The summed E-state index contributed by atoms with van der Waals surface area (Å²) in [6, 6.07) is 17.1. The van der Waals surface area contributed by atoms with E-state index in [1.54, 1.807) is 0 Å². The monoisotopic (exact) mass is 566 g/mol. The molecule has 2 aromatic rings. The Kier molecular flexibility index (Phi) is 15.6. The first-order valence-electron chi connectivity index (χ1n) is 10.6. The molecule has 0 fully saturated rings. The van der Waals surface area contributed by atoms with Crippen molar-refractivity contribution in [2.45, 2.75) is 52.6 Å². The number of rotatable bonds is 11. The number of hydrogen-bond acceptors (Lipinski definition) is 2. The topological polar surface area (TPSA) is 72.0 Å². The van der Waals surface area contributed by atoms with E-state index in [9.17, 15) is 8.42 Å². The van der Waals surface area contributed by atoms with Crippen molar-refractivity contribution in [2.24, 2.45) is 17.8 Å². The molecule has 0 bridgehead atoms. The summed E-state index contributed by atoms with van der Waals surface area (Å²) in [6.45, 7) is 8.50. The fourth-order valence-corrected chi connectivity index (χ4v) is 5.43. The molecule has 2 rings (SSSR count). The molecule has 0 spiro atoms. The molecule has 32 heavy (non-hydrogen) atoms. The number of halogens is 1. The second-order valence-corrected chi connectivity index (χ2v) is 10.4. The summed E-state index contributed by atoms with van der Waals surface area (Å²) in [5, 5.41) is 0.